The lowest BCUT2D eigenvalue weighted by molar-refractivity contribution is 0.103. The highest BCUT2D eigenvalue weighted by atomic mass is 35.5. The van der Waals surface area contributed by atoms with Gasteiger partial charge in [0.25, 0.3) is 0 Å². The molecule has 2 heterocycles. The summed E-state index contributed by atoms with van der Waals surface area (Å²) in [5.74, 6) is -0.0512. The van der Waals surface area contributed by atoms with E-state index in [1.54, 1.807) is 29.7 Å². The number of carbonyl (C=O) groups is 1. The fraction of sp³-hybridized carbons (Fsp3) is 0.0667. The van der Waals surface area contributed by atoms with Gasteiger partial charge >= 0.3 is 0 Å². The Morgan fingerprint density at radius 3 is 2.84 bits per heavy atom. The number of aromatic nitrogens is 1. The zero-order valence-corrected chi connectivity index (χ0v) is 11.8. The van der Waals surface area contributed by atoms with Crippen molar-refractivity contribution >= 4 is 38.9 Å². The van der Waals surface area contributed by atoms with Crippen molar-refractivity contribution in [3.8, 4) is 0 Å². The van der Waals surface area contributed by atoms with E-state index in [1.807, 2.05) is 30.5 Å². The summed E-state index contributed by atoms with van der Waals surface area (Å²) in [6.45, 7) is 1.91. The molecule has 0 bridgehead atoms. The Bertz CT molecular complexity index is 779. The monoisotopic (exact) mass is 287 g/mol. The van der Waals surface area contributed by atoms with Crippen LogP contribution in [0.5, 0.6) is 0 Å². The summed E-state index contributed by atoms with van der Waals surface area (Å²) in [6.07, 6.45) is 1.62. The van der Waals surface area contributed by atoms with E-state index >= 15 is 0 Å². The molecule has 0 aliphatic rings. The largest absolute Gasteiger partial charge is 0.289 e. The van der Waals surface area contributed by atoms with Crippen molar-refractivity contribution in [2.24, 2.45) is 0 Å². The third kappa shape index (κ3) is 2.27. The van der Waals surface area contributed by atoms with Crippen LogP contribution in [0.3, 0.4) is 0 Å². The van der Waals surface area contributed by atoms with Crippen molar-refractivity contribution in [2.45, 2.75) is 6.92 Å². The van der Waals surface area contributed by atoms with Gasteiger partial charge in [0.05, 0.1) is 10.2 Å². The van der Waals surface area contributed by atoms with Crippen LogP contribution in [0.2, 0.25) is 5.02 Å². The number of benzene rings is 1. The molecular weight excluding hydrogens is 278 g/mol. The maximum absolute atomic E-state index is 12.4. The van der Waals surface area contributed by atoms with Gasteiger partial charge in [0.15, 0.2) is 5.78 Å². The molecule has 19 heavy (non-hydrogen) atoms. The van der Waals surface area contributed by atoms with E-state index in [-0.39, 0.29) is 5.78 Å². The first kappa shape index (κ1) is 12.3. The van der Waals surface area contributed by atoms with Crippen LogP contribution in [-0.4, -0.2) is 10.8 Å². The molecule has 4 heteroatoms. The van der Waals surface area contributed by atoms with Crippen LogP contribution in [0.4, 0.5) is 0 Å². The van der Waals surface area contributed by atoms with Crippen LogP contribution in [0.1, 0.15) is 21.5 Å². The number of carbonyl (C=O) groups excluding carboxylic acids is 1. The Morgan fingerprint density at radius 1 is 1.21 bits per heavy atom. The van der Waals surface area contributed by atoms with Gasteiger partial charge < -0.3 is 0 Å². The number of halogens is 1. The average molecular weight is 288 g/mol. The topological polar surface area (TPSA) is 30.0 Å². The first-order chi connectivity index (χ1) is 9.15. The van der Waals surface area contributed by atoms with Gasteiger partial charge in [0, 0.05) is 22.3 Å². The van der Waals surface area contributed by atoms with Gasteiger partial charge in [-0.2, -0.15) is 0 Å². The molecule has 0 saturated carbocycles. The maximum Gasteiger partial charge on any atom is 0.194 e. The molecule has 0 fully saturated rings. The second-order valence-corrected chi connectivity index (χ2v) is 5.68. The Balaban J connectivity index is 2.04. The molecule has 0 radical (unpaired) electrons. The fourth-order valence-electron chi connectivity index (χ4n) is 1.87. The summed E-state index contributed by atoms with van der Waals surface area (Å²) >= 11 is 7.64. The Labute approximate surface area is 119 Å². The Hall–Kier alpha value is -1.71. The minimum absolute atomic E-state index is 0.0512. The van der Waals surface area contributed by atoms with E-state index in [0.717, 1.165) is 15.8 Å². The molecule has 0 aliphatic heterocycles. The number of rotatable bonds is 2. The van der Waals surface area contributed by atoms with Crippen molar-refractivity contribution in [1.29, 1.82) is 0 Å². The third-order valence-corrected chi connectivity index (χ3v) is 4.26. The number of fused-ring (bicyclic) bond motifs is 1. The summed E-state index contributed by atoms with van der Waals surface area (Å²) in [4.78, 5) is 16.7. The standard InChI is InChI=1S/C15H10ClNOS/c1-9-2-3-10(6-12(9)16)15(18)11-7-14-13(17-8-11)4-5-19-14/h2-8H,1H3. The Kier molecular flexibility index (Phi) is 3.09. The molecule has 0 aliphatic carbocycles. The average Bonchev–Trinajstić information content (AvgIpc) is 2.88. The molecular formula is C15H10ClNOS. The molecule has 0 spiro atoms. The number of aryl methyl sites for hydroxylation is 1. The van der Waals surface area contributed by atoms with Gasteiger partial charge in [0.2, 0.25) is 0 Å². The van der Waals surface area contributed by atoms with E-state index in [9.17, 15) is 4.79 Å². The van der Waals surface area contributed by atoms with Crippen LogP contribution < -0.4 is 0 Å². The summed E-state index contributed by atoms with van der Waals surface area (Å²) in [6, 6.07) is 9.17. The fourth-order valence-corrected chi connectivity index (χ4v) is 2.83. The van der Waals surface area contributed by atoms with Crippen molar-refractivity contribution in [3.05, 3.63) is 63.6 Å². The van der Waals surface area contributed by atoms with E-state index in [0.29, 0.717) is 16.1 Å². The van der Waals surface area contributed by atoms with Crippen LogP contribution in [0.25, 0.3) is 10.2 Å². The molecule has 0 saturated heterocycles. The number of pyridine rings is 1. The van der Waals surface area contributed by atoms with Gasteiger partial charge in [-0.25, -0.2) is 0 Å². The summed E-state index contributed by atoms with van der Waals surface area (Å²) < 4.78 is 1.02. The van der Waals surface area contributed by atoms with Gasteiger partial charge in [-0.15, -0.1) is 11.3 Å². The number of thiophene rings is 1. The number of hydrogen-bond acceptors (Lipinski definition) is 3. The van der Waals surface area contributed by atoms with E-state index < -0.39 is 0 Å². The van der Waals surface area contributed by atoms with Crippen molar-refractivity contribution in [1.82, 2.24) is 4.98 Å². The predicted molar refractivity (Wildman–Crippen MR) is 79.2 cm³/mol. The summed E-state index contributed by atoms with van der Waals surface area (Å²) in [7, 11) is 0. The molecule has 94 valence electrons. The molecule has 1 aromatic carbocycles. The van der Waals surface area contributed by atoms with Gasteiger partial charge in [-0.3, -0.25) is 9.78 Å². The molecule has 0 amide bonds. The Morgan fingerprint density at radius 2 is 2.05 bits per heavy atom. The second kappa shape index (κ2) is 4.76. The van der Waals surface area contributed by atoms with Crippen molar-refractivity contribution in [2.75, 3.05) is 0 Å². The zero-order chi connectivity index (χ0) is 13.4. The maximum atomic E-state index is 12.4. The van der Waals surface area contributed by atoms with Crippen LogP contribution in [-0.2, 0) is 0 Å². The quantitative estimate of drug-likeness (QED) is 0.650. The molecule has 3 rings (SSSR count). The normalized spacial score (nSPS) is 10.8. The molecule has 0 N–H and O–H groups in total. The number of ketones is 1. The zero-order valence-electron chi connectivity index (χ0n) is 10.2. The van der Waals surface area contributed by atoms with Crippen molar-refractivity contribution in [3.63, 3.8) is 0 Å². The molecule has 2 nitrogen and oxygen atoms in total. The van der Waals surface area contributed by atoms with Crippen molar-refractivity contribution < 1.29 is 4.79 Å². The van der Waals surface area contributed by atoms with Crippen LogP contribution >= 0.6 is 22.9 Å². The number of hydrogen-bond donors (Lipinski definition) is 0. The highest BCUT2D eigenvalue weighted by Crippen LogP contribution is 2.23. The molecule has 2 aromatic heterocycles. The smallest absolute Gasteiger partial charge is 0.194 e. The third-order valence-electron chi connectivity index (χ3n) is 3.00. The highest BCUT2D eigenvalue weighted by molar-refractivity contribution is 7.17. The second-order valence-electron chi connectivity index (χ2n) is 4.32. The number of nitrogens with zero attached hydrogens (tertiary/aromatic N) is 1. The van der Waals surface area contributed by atoms with Crippen LogP contribution in [0, 0.1) is 6.92 Å². The SMILES string of the molecule is Cc1ccc(C(=O)c2cnc3ccsc3c2)cc1Cl. The molecule has 3 aromatic rings. The molecule has 0 unspecified atom stereocenters. The molecule has 0 atom stereocenters. The van der Waals surface area contributed by atoms with Crippen LogP contribution in [0.15, 0.2) is 41.9 Å². The van der Waals surface area contributed by atoms with Gasteiger partial charge in [-0.05, 0) is 36.1 Å². The lowest BCUT2D eigenvalue weighted by atomic mass is 10.0. The predicted octanol–water partition coefficient (Wildman–Crippen LogP) is 4.49. The van der Waals surface area contributed by atoms with E-state index in [4.69, 9.17) is 11.6 Å². The highest BCUT2D eigenvalue weighted by Gasteiger charge is 2.11. The van der Waals surface area contributed by atoms with Gasteiger partial charge in [0.1, 0.15) is 0 Å². The summed E-state index contributed by atoms with van der Waals surface area (Å²) in [5.41, 5.74) is 3.07. The summed E-state index contributed by atoms with van der Waals surface area (Å²) in [5, 5.41) is 2.57. The lowest BCUT2D eigenvalue weighted by Crippen LogP contribution is -2.02. The van der Waals surface area contributed by atoms with E-state index in [1.165, 1.54) is 0 Å². The minimum Gasteiger partial charge on any atom is -0.289 e. The van der Waals surface area contributed by atoms with E-state index in [2.05, 4.69) is 4.98 Å². The first-order valence-corrected chi connectivity index (χ1v) is 7.05. The first-order valence-electron chi connectivity index (χ1n) is 5.79. The lowest BCUT2D eigenvalue weighted by Gasteiger charge is -2.03. The minimum atomic E-state index is -0.0512. The van der Waals surface area contributed by atoms with Gasteiger partial charge in [-0.1, -0.05) is 23.7 Å².